The Morgan fingerprint density at radius 1 is 1.16 bits per heavy atom. The number of rotatable bonds is 4. The first-order valence-corrected chi connectivity index (χ1v) is 13.1. The van der Waals surface area contributed by atoms with Crippen LogP contribution >= 0.6 is 0 Å². The van der Waals surface area contributed by atoms with Gasteiger partial charge in [-0.1, -0.05) is 37.6 Å². The van der Waals surface area contributed by atoms with E-state index in [1.54, 1.807) is 0 Å². The monoisotopic (exact) mass is 444 g/mol. The lowest BCUT2D eigenvalue weighted by atomic mass is 9.44. The molecule has 1 aliphatic heterocycles. The van der Waals surface area contributed by atoms with Crippen LogP contribution in [0.2, 0.25) is 0 Å². The highest BCUT2D eigenvalue weighted by atomic mass is 19.1. The third kappa shape index (κ3) is 3.67. The number of halogens is 1. The Morgan fingerprint density at radius 2 is 1.94 bits per heavy atom. The van der Waals surface area contributed by atoms with Crippen LogP contribution in [0.3, 0.4) is 0 Å². The van der Waals surface area contributed by atoms with Crippen molar-refractivity contribution in [2.75, 3.05) is 26.2 Å². The number of carbonyl (C=O) groups excluding carboxylic acids is 1. The molecule has 0 aromatic rings. The molecule has 0 radical (unpaired) electrons. The van der Waals surface area contributed by atoms with Crippen LogP contribution in [0.4, 0.5) is 4.39 Å². The van der Waals surface area contributed by atoms with E-state index < -0.39 is 11.6 Å². The molecule has 1 saturated heterocycles. The van der Waals surface area contributed by atoms with Crippen LogP contribution in [-0.4, -0.2) is 48.8 Å². The van der Waals surface area contributed by atoms with Crippen molar-refractivity contribution >= 4 is 11.5 Å². The Hall–Kier alpha value is -1.23. The van der Waals surface area contributed by atoms with E-state index in [1.165, 1.54) is 43.6 Å². The molecule has 0 aromatic carbocycles. The maximum absolute atomic E-state index is 14.5. The fourth-order valence-electron chi connectivity index (χ4n) is 8.37. The molecule has 32 heavy (non-hydrogen) atoms. The molecule has 1 heterocycles. The average molecular weight is 445 g/mol. The second-order valence-corrected chi connectivity index (χ2v) is 11.9. The highest BCUT2D eigenvalue weighted by molar-refractivity contribution is 5.91. The molecule has 5 aliphatic rings. The van der Waals surface area contributed by atoms with Crippen molar-refractivity contribution in [3.05, 3.63) is 12.2 Å². The van der Waals surface area contributed by atoms with Crippen molar-refractivity contribution in [3.8, 4) is 0 Å². The number of hydrogen-bond acceptors (Lipinski definition) is 4. The number of allylic oxidation sites excluding steroid dienone is 1. The quantitative estimate of drug-likeness (QED) is 0.323. The molecule has 7 atom stereocenters. The first-order valence-electron chi connectivity index (χ1n) is 13.1. The van der Waals surface area contributed by atoms with Crippen molar-refractivity contribution in [2.24, 2.45) is 39.7 Å². The van der Waals surface area contributed by atoms with Gasteiger partial charge in [-0.25, -0.2) is 4.39 Å². The fraction of sp³-hybridized carbons (Fsp3) is 0.852. The molecule has 5 heteroatoms. The zero-order valence-electron chi connectivity index (χ0n) is 20.1. The number of piperidine rings is 1. The molecular weight excluding hydrogens is 403 g/mol. The lowest BCUT2D eigenvalue weighted by Gasteiger charge is -2.60. The van der Waals surface area contributed by atoms with E-state index in [2.05, 4.69) is 23.6 Å². The van der Waals surface area contributed by atoms with Gasteiger partial charge in [0.25, 0.3) is 0 Å². The summed E-state index contributed by atoms with van der Waals surface area (Å²) in [4.78, 5) is 20.9. The van der Waals surface area contributed by atoms with Gasteiger partial charge in [0, 0.05) is 12.0 Å². The van der Waals surface area contributed by atoms with Crippen molar-refractivity contribution in [2.45, 2.75) is 84.2 Å². The Balaban J connectivity index is 1.24. The van der Waals surface area contributed by atoms with Gasteiger partial charge in [0.2, 0.25) is 0 Å². The number of carbonyl (C=O) groups is 1. The minimum absolute atomic E-state index is 0.126. The fourth-order valence-corrected chi connectivity index (χ4v) is 8.37. The summed E-state index contributed by atoms with van der Waals surface area (Å²) in [5, 5.41) is 4.57. The molecule has 0 aromatic heterocycles. The Kier molecular flexibility index (Phi) is 6.01. The molecule has 178 valence electrons. The van der Waals surface area contributed by atoms with Gasteiger partial charge in [0.1, 0.15) is 6.61 Å². The van der Waals surface area contributed by atoms with Crippen LogP contribution in [0.5, 0.6) is 0 Å². The maximum atomic E-state index is 14.5. The molecule has 7 unspecified atom stereocenters. The van der Waals surface area contributed by atoms with E-state index >= 15 is 0 Å². The lowest BCUT2D eigenvalue weighted by molar-refractivity contribution is -0.136. The Morgan fingerprint density at radius 3 is 2.72 bits per heavy atom. The first kappa shape index (κ1) is 22.6. The van der Waals surface area contributed by atoms with Gasteiger partial charge in [-0.15, -0.1) is 0 Å². The molecule has 4 aliphatic carbocycles. The largest absolute Gasteiger partial charge is 0.394 e. The van der Waals surface area contributed by atoms with Crippen molar-refractivity contribution in [1.29, 1.82) is 0 Å². The number of oxime groups is 1. The summed E-state index contributed by atoms with van der Waals surface area (Å²) in [6.45, 7) is 13.0. The number of nitrogens with zero attached hydrogens (tertiary/aromatic N) is 2. The second kappa shape index (κ2) is 8.52. The third-order valence-corrected chi connectivity index (χ3v) is 10.3. The number of hydrogen-bond donors (Lipinski definition) is 0. The van der Waals surface area contributed by atoms with Crippen molar-refractivity contribution in [1.82, 2.24) is 4.90 Å². The van der Waals surface area contributed by atoms with E-state index in [1.807, 2.05) is 6.92 Å². The molecule has 5 rings (SSSR count). The van der Waals surface area contributed by atoms with Gasteiger partial charge >= 0.3 is 0 Å². The van der Waals surface area contributed by atoms with Crippen LogP contribution < -0.4 is 0 Å². The molecule has 0 N–H and O–H groups in total. The number of likely N-dealkylation sites (tertiary alicyclic amines) is 1. The van der Waals surface area contributed by atoms with E-state index in [9.17, 15) is 9.18 Å². The standard InChI is InChI=1S/C27H41FN2O2/c1-18-15-20-21(8-10-27(3)23(20)17-24(28)25(27)31)26(2)9-7-19(16-22(18)26)29-32-14-13-30-11-5-4-6-12-30/h20-24H,1,4-17H2,2-3H3. The maximum Gasteiger partial charge on any atom is 0.173 e. The normalized spacial score (nSPS) is 46.0. The van der Waals surface area contributed by atoms with Crippen LogP contribution in [0, 0.1) is 34.5 Å². The van der Waals surface area contributed by atoms with Crippen LogP contribution in [-0.2, 0) is 9.63 Å². The third-order valence-electron chi connectivity index (χ3n) is 10.3. The van der Waals surface area contributed by atoms with Crippen LogP contribution in [0.25, 0.3) is 0 Å². The molecule has 4 saturated carbocycles. The zero-order chi connectivity index (χ0) is 22.5. The Labute approximate surface area is 193 Å². The zero-order valence-corrected chi connectivity index (χ0v) is 20.1. The predicted octanol–water partition coefficient (Wildman–Crippen LogP) is 5.57. The molecular formula is C27H41FN2O2. The van der Waals surface area contributed by atoms with Gasteiger partial charge in [0.15, 0.2) is 12.0 Å². The molecule has 0 amide bonds. The summed E-state index contributed by atoms with van der Waals surface area (Å²) in [7, 11) is 0. The smallest absolute Gasteiger partial charge is 0.173 e. The molecule has 4 nitrogen and oxygen atoms in total. The topological polar surface area (TPSA) is 41.9 Å². The Bertz CT molecular complexity index is 791. The summed E-state index contributed by atoms with van der Waals surface area (Å²) >= 11 is 0. The van der Waals surface area contributed by atoms with Crippen LogP contribution in [0.1, 0.15) is 78.1 Å². The molecule has 0 bridgehead atoms. The SMILES string of the molecule is C=C1CC2C3CC(F)C(=O)C3(C)CCC2C2(C)CCC(=NOCCN3CCCCC3)CC12. The summed E-state index contributed by atoms with van der Waals surface area (Å²) in [6, 6.07) is 0. The van der Waals surface area contributed by atoms with Gasteiger partial charge in [0.05, 0.1) is 5.71 Å². The minimum atomic E-state index is -1.25. The van der Waals surface area contributed by atoms with E-state index in [4.69, 9.17) is 4.84 Å². The summed E-state index contributed by atoms with van der Waals surface area (Å²) in [5.74, 6) is 1.47. The highest BCUT2D eigenvalue weighted by Crippen LogP contribution is 2.66. The summed E-state index contributed by atoms with van der Waals surface area (Å²) < 4.78 is 14.5. The number of fused-ring (bicyclic) bond motifs is 5. The van der Waals surface area contributed by atoms with Gasteiger partial charge in [-0.3, -0.25) is 9.69 Å². The van der Waals surface area contributed by atoms with Crippen molar-refractivity contribution < 1.29 is 14.0 Å². The number of Topliss-reactive ketones (excluding diaryl/α,β-unsaturated/α-hetero) is 1. The van der Waals surface area contributed by atoms with E-state index in [0.29, 0.717) is 30.8 Å². The average Bonchev–Trinajstić information content (AvgIpc) is 3.02. The van der Waals surface area contributed by atoms with Gasteiger partial charge in [-0.2, -0.15) is 0 Å². The predicted molar refractivity (Wildman–Crippen MR) is 125 cm³/mol. The van der Waals surface area contributed by atoms with E-state index in [0.717, 1.165) is 45.1 Å². The summed E-state index contributed by atoms with van der Waals surface area (Å²) in [5.41, 5.74) is 2.22. The van der Waals surface area contributed by atoms with Crippen molar-refractivity contribution in [3.63, 3.8) is 0 Å². The number of ketones is 1. The number of alkyl halides is 1. The minimum Gasteiger partial charge on any atom is -0.394 e. The van der Waals surface area contributed by atoms with Gasteiger partial charge < -0.3 is 4.84 Å². The van der Waals surface area contributed by atoms with Gasteiger partial charge in [-0.05, 0) is 100.0 Å². The highest BCUT2D eigenvalue weighted by Gasteiger charge is 2.63. The lowest BCUT2D eigenvalue weighted by Crippen LogP contribution is -2.54. The first-order chi connectivity index (χ1) is 15.3. The molecule has 5 fully saturated rings. The summed E-state index contributed by atoms with van der Waals surface area (Å²) in [6.07, 6.45) is 9.04. The second-order valence-electron chi connectivity index (χ2n) is 11.9. The van der Waals surface area contributed by atoms with Crippen LogP contribution in [0.15, 0.2) is 17.3 Å². The molecule has 0 spiro atoms. The van der Waals surface area contributed by atoms with E-state index in [-0.39, 0.29) is 17.1 Å².